The molecule has 0 aliphatic carbocycles. The molecular weight excluding hydrogens is 270 g/mol. The minimum absolute atomic E-state index is 0.207. The molecule has 1 aliphatic heterocycles. The molecule has 2 N–H and O–H groups in total. The summed E-state index contributed by atoms with van der Waals surface area (Å²) >= 11 is 0. The molecule has 0 radical (unpaired) electrons. The molecule has 1 aromatic carbocycles. The summed E-state index contributed by atoms with van der Waals surface area (Å²) in [6, 6.07) is 7.14. The number of morpholine rings is 1. The Morgan fingerprint density at radius 2 is 2.10 bits per heavy atom. The second kappa shape index (κ2) is 8.49. The molecule has 2 rings (SSSR count). The summed E-state index contributed by atoms with van der Waals surface area (Å²) < 4.78 is 10.5. The summed E-state index contributed by atoms with van der Waals surface area (Å²) in [6.45, 7) is 5.21. The standard InChI is InChI=1S/C15H23N3O3/c1-20-14-6-3-2-5-13(14)17-15(19)16-7-4-8-18-9-11-21-12-10-18/h2-3,5-6H,4,7-12H2,1H3,(H2,16,17,19). The van der Waals surface area contributed by atoms with Gasteiger partial charge in [-0.2, -0.15) is 0 Å². The van der Waals surface area contributed by atoms with Gasteiger partial charge in [-0.1, -0.05) is 12.1 Å². The van der Waals surface area contributed by atoms with Crippen molar-refractivity contribution in [3.05, 3.63) is 24.3 Å². The first kappa shape index (κ1) is 15.6. The fraction of sp³-hybridized carbons (Fsp3) is 0.533. The molecule has 0 atom stereocenters. The number of amides is 2. The number of carbonyl (C=O) groups excluding carboxylic acids is 1. The lowest BCUT2D eigenvalue weighted by Gasteiger charge is -2.26. The van der Waals surface area contributed by atoms with Crippen LogP contribution in [0.25, 0.3) is 0 Å². The van der Waals surface area contributed by atoms with Crippen molar-refractivity contribution in [1.82, 2.24) is 10.2 Å². The lowest BCUT2D eigenvalue weighted by atomic mass is 10.3. The zero-order chi connectivity index (χ0) is 14.9. The fourth-order valence-corrected chi connectivity index (χ4v) is 2.24. The van der Waals surface area contributed by atoms with Crippen molar-refractivity contribution >= 4 is 11.7 Å². The number of carbonyl (C=O) groups is 1. The van der Waals surface area contributed by atoms with E-state index in [4.69, 9.17) is 9.47 Å². The highest BCUT2D eigenvalue weighted by molar-refractivity contribution is 5.90. The highest BCUT2D eigenvalue weighted by Gasteiger charge is 2.10. The summed E-state index contributed by atoms with van der Waals surface area (Å²) in [5, 5.41) is 5.65. The summed E-state index contributed by atoms with van der Waals surface area (Å²) in [7, 11) is 1.58. The Bertz CT molecular complexity index is 448. The molecule has 6 nitrogen and oxygen atoms in total. The van der Waals surface area contributed by atoms with E-state index in [1.807, 2.05) is 24.3 Å². The van der Waals surface area contributed by atoms with Gasteiger partial charge in [-0.15, -0.1) is 0 Å². The van der Waals surface area contributed by atoms with Crippen molar-refractivity contribution in [2.45, 2.75) is 6.42 Å². The molecule has 0 spiro atoms. The van der Waals surface area contributed by atoms with Crippen LogP contribution in [0.2, 0.25) is 0 Å². The first-order chi connectivity index (χ1) is 10.3. The van der Waals surface area contributed by atoms with Crippen molar-refractivity contribution < 1.29 is 14.3 Å². The Hall–Kier alpha value is -1.79. The minimum Gasteiger partial charge on any atom is -0.495 e. The molecule has 6 heteroatoms. The molecule has 1 aromatic rings. The van der Waals surface area contributed by atoms with Gasteiger partial charge in [0.2, 0.25) is 0 Å². The van der Waals surface area contributed by atoms with E-state index in [1.54, 1.807) is 7.11 Å². The van der Waals surface area contributed by atoms with Crippen LogP contribution in [0.15, 0.2) is 24.3 Å². The number of rotatable bonds is 6. The molecule has 0 aromatic heterocycles. The van der Waals surface area contributed by atoms with Gasteiger partial charge in [-0.3, -0.25) is 4.90 Å². The fourth-order valence-electron chi connectivity index (χ4n) is 2.24. The number of benzene rings is 1. The molecule has 0 saturated carbocycles. The van der Waals surface area contributed by atoms with Gasteiger partial charge in [0, 0.05) is 19.6 Å². The van der Waals surface area contributed by atoms with Crippen molar-refractivity contribution in [3.8, 4) is 5.75 Å². The quantitative estimate of drug-likeness (QED) is 0.781. The molecule has 1 heterocycles. The Kier molecular flexibility index (Phi) is 6.30. The van der Waals surface area contributed by atoms with E-state index in [1.165, 1.54) is 0 Å². The van der Waals surface area contributed by atoms with E-state index in [9.17, 15) is 4.79 Å². The predicted octanol–water partition coefficient (Wildman–Crippen LogP) is 1.54. The van der Waals surface area contributed by atoms with E-state index >= 15 is 0 Å². The Labute approximate surface area is 125 Å². The van der Waals surface area contributed by atoms with Gasteiger partial charge >= 0.3 is 6.03 Å². The van der Waals surface area contributed by atoms with Crippen LogP contribution in [0, 0.1) is 0 Å². The number of nitrogens with one attached hydrogen (secondary N) is 2. The number of anilines is 1. The Morgan fingerprint density at radius 3 is 2.86 bits per heavy atom. The third-order valence-electron chi connectivity index (χ3n) is 3.40. The number of methoxy groups -OCH3 is 1. The SMILES string of the molecule is COc1ccccc1NC(=O)NCCCN1CCOCC1. The zero-order valence-electron chi connectivity index (χ0n) is 12.4. The second-order valence-corrected chi connectivity index (χ2v) is 4.89. The average molecular weight is 293 g/mol. The zero-order valence-corrected chi connectivity index (χ0v) is 12.4. The van der Waals surface area contributed by atoms with E-state index in [-0.39, 0.29) is 6.03 Å². The topological polar surface area (TPSA) is 62.8 Å². The van der Waals surface area contributed by atoms with Crippen molar-refractivity contribution in [2.75, 3.05) is 51.8 Å². The average Bonchev–Trinajstić information content (AvgIpc) is 2.53. The van der Waals surface area contributed by atoms with Crippen LogP contribution in [-0.4, -0.2) is 57.4 Å². The Balaban J connectivity index is 1.65. The van der Waals surface area contributed by atoms with Gasteiger partial charge in [0.1, 0.15) is 5.75 Å². The van der Waals surface area contributed by atoms with Crippen LogP contribution < -0.4 is 15.4 Å². The molecule has 2 amide bonds. The van der Waals surface area contributed by atoms with E-state index in [0.29, 0.717) is 18.0 Å². The molecular formula is C15H23N3O3. The van der Waals surface area contributed by atoms with Gasteiger partial charge in [0.15, 0.2) is 0 Å². The van der Waals surface area contributed by atoms with Gasteiger partial charge in [-0.05, 0) is 25.1 Å². The number of nitrogens with zero attached hydrogens (tertiary/aromatic N) is 1. The largest absolute Gasteiger partial charge is 0.495 e. The third kappa shape index (κ3) is 5.24. The highest BCUT2D eigenvalue weighted by atomic mass is 16.5. The lowest BCUT2D eigenvalue weighted by molar-refractivity contribution is 0.0375. The van der Waals surface area contributed by atoms with Crippen molar-refractivity contribution in [1.29, 1.82) is 0 Å². The van der Waals surface area contributed by atoms with Gasteiger partial charge < -0.3 is 20.1 Å². The van der Waals surface area contributed by atoms with E-state index < -0.39 is 0 Å². The van der Waals surface area contributed by atoms with Crippen LogP contribution in [0.4, 0.5) is 10.5 Å². The van der Waals surface area contributed by atoms with Crippen LogP contribution in [0.1, 0.15) is 6.42 Å². The molecule has 1 saturated heterocycles. The first-order valence-corrected chi connectivity index (χ1v) is 7.27. The first-order valence-electron chi connectivity index (χ1n) is 7.27. The number of hydrogen-bond acceptors (Lipinski definition) is 4. The van der Waals surface area contributed by atoms with Crippen LogP contribution in [-0.2, 0) is 4.74 Å². The third-order valence-corrected chi connectivity index (χ3v) is 3.40. The summed E-state index contributed by atoms with van der Waals surface area (Å²) in [6.07, 6.45) is 0.930. The minimum atomic E-state index is -0.207. The van der Waals surface area contributed by atoms with Crippen molar-refractivity contribution in [3.63, 3.8) is 0 Å². The number of urea groups is 1. The molecule has 21 heavy (non-hydrogen) atoms. The smallest absolute Gasteiger partial charge is 0.319 e. The second-order valence-electron chi connectivity index (χ2n) is 4.89. The lowest BCUT2D eigenvalue weighted by Crippen LogP contribution is -2.38. The molecule has 116 valence electrons. The molecule has 0 unspecified atom stereocenters. The summed E-state index contributed by atoms with van der Waals surface area (Å²) in [4.78, 5) is 14.2. The van der Waals surface area contributed by atoms with Gasteiger partial charge in [-0.25, -0.2) is 4.79 Å². The molecule has 1 fully saturated rings. The van der Waals surface area contributed by atoms with Crippen LogP contribution >= 0.6 is 0 Å². The van der Waals surface area contributed by atoms with E-state index in [2.05, 4.69) is 15.5 Å². The monoisotopic (exact) mass is 293 g/mol. The predicted molar refractivity (Wildman–Crippen MR) is 81.9 cm³/mol. The number of hydrogen-bond donors (Lipinski definition) is 2. The van der Waals surface area contributed by atoms with Crippen molar-refractivity contribution in [2.24, 2.45) is 0 Å². The maximum absolute atomic E-state index is 11.8. The highest BCUT2D eigenvalue weighted by Crippen LogP contribution is 2.22. The van der Waals surface area contributed by atoms with Crippen LogP contribution in [0.3, 0.4) is 0 Å². The molecule has 0 bridgehead atoms. The Morgan fingerprint density at radius 1 is 1.33 bits per heavy atom. The maximum atomic E-state index is 11.8. The van der Waals surface area contributed by atoms with Gasteiger partial charge in [0.25, 0.3) is 0 Å². The van der Waals surface area contributed by atoms with Gasteiger partial charge in [0.05, 0.1) is 26.0 Å². The van der Waals surface area contributed by atoms with E-state index in [0.717, 1.165) is 39.3 Å². The van der Waals surface area contributed by atoms with Crippen LogP contribution in [0.5, 0.6) is 5.75 Å². The normalized spacial score (nSPS) is 15.5. The number of para-hydroxylation sites is 2. The number of ether oxygens (including phenoxy) is 2. The summed E-state index contributed by atoms with van der Waals surface area (Å²) in [5.41, 5.74) is 0.672. The molecule has 1 aliphatic rings. The summed E-state index contributed by atoms with van der Waals surface area (Å²) in [5.74, 6) is 0.654. The maximum Gasteiger partial charge on any atom is 0.319 e.